The van der Waals surface area contributed by atoms with E-state index in [2.05, 4.69) is 11.8 Å². The molecule has 1 fully saturated rings. The Morgan fingerprint density at radius 1 is 1.37 bits per heavy atom. The highest BCUT2D eigenvalue weighted by Crippen LogP contribution is 2.31. The van der Waals surface area contributed by atoms with Gasteiger partial charge in [0.1, 0.15) is 5.75 Å². The molecule has 1 atom stereocenters. The van der Waals surface area contributed by atoms with Crippen molar-refractivity contribution in [3.8, 4) is 5.75 Å². The van der Waals surface area contributed by atoms with Gasteiger partial charge in [-0.3, -0.25) is 9.69 Å². The fourth-order valence-electron chi connectivity index (χ4n) is 2.94. The van der Waals surface area contributed by atoms with Crippen LogP contribution in [0.1, 0.15) is 44.2 Å². The lowest BCUT2D eigenvalue weighted by Gasteiger charge is -2.33. The lowest BCUT2D eigenvalue weighted by atomic mass is 10.0. The van der Waals surface area contributed by atoms with Crippen LogP contribution < -0.4 is 5.73 Å². The van der Waals surface area contributed by atoms with E-state index in [0.29, 0.717) is 12.6 Å². The molecule has 0 radical (unpaired) electrons. The van der Waals surface area contributed by atoms with Crippen molar-refractivity contribution < 1.29 is 9.90 Å². The van der Waals surface area contributed by atoms with Gasteiger partial charge >= 0.3 is 0 Å². The van der Waals surface area contributed by atoms with Crippen molar-refractivity contribution in [3.05, 3.63) is 29.8 Å². The molecule has 4 heteroatoms. The number of carbonyl (C=O) groups excluding carboxylic acids is 1. The number of primary amides is 1. The second-order valence-corrected chi connectivity index (χ2v) is 5.34. The van der Waals surface area contributed by atoms with Crippen LogP contribution in [0.15, 0.2) is 24.3 Å². The summed E-state index contributed by atoms with van der Waals surface area (Å²) < 4.78 is 0. The normalized spacial score (nSPS) is 17.8. The SMILES string of the molecule is CC(c1ccc(O)cc1)N(CC(N)=O)C1CCCC1. The van der Waals surface area contributed by atoms with Crippen LogP contribution >= 0.6 is 0 Å². The highest BCUT2D eigenvalue weighted by Gasteiger charge is 2.28. The van der Waals surface area contributed by atoms with Crippen LogP contribution in [0.2, 0.25) is 0 Å². The Bertz CT molecular complexity index is 424. The third kappa shape index (κ3) is 3.47. The number of hydrogen-bond acceptors (Lipinski definition) is 3. The standard InChI is InChI=1S/C15H22N2O2/c1-11(12-6-8-14(18)9-7-12)17(10-15(16)19)13-4-2-3-5-13/h6-9,11,13,18H,2-5,10H2,1H3,(H2,16,19). The Balaban J connectivity index is 2.16. The van der Waals surface area contributed by atoms with Gasteiger partial charge in [0.25, 0.3) is 0 Å². The fraction of sp³-hybridized carbons (Fsp3) is 0.533. The predicted molar refractivity (Wildman–Crippen MR) is 74.7 cm³/mol. The minimum atomic E-state index is -0.280. The first-order valence-electron chi connectivity index (χ1n) is 6.91. The summed E-state index contributed by atoms with van der Waals surface area (Å²) in [6.07, 6.45) is 4.72. The van der Waals surface area contributed by atoms with E-state index in [0.717, 1.165) is 18.4 Å². The van der Waals surface area contributed by atoms with Gasteiger partial charge in [-0.15, -0.1) is 0 Å². The van der Waals surface area contributed by atoms with Crippen molar-refractivity contribution in [2.24, 2.45) is 5.73 Å². The van der Waals surface area contributed by atoms with Gasteiger partial charge in [-0.1, -0.05) is 25.0 Å². The molecule has 4 nitrogen and oxygen atoms in total. The molecular weight excluding hydrogens is 240 g/mol. The minimum Gasteiger partial charge on any atom is -0.508 e. The summed E-state index contributed by atoms with van der Waals surface area (Å²) in [5.74, 6) is -0.0178. The highest BCUT2D eigenvalue weighted by molar-refractivity contribution is 5.76. The summed E-state index contributed by atoms with van der Waals surface area (Å²) >= 11 is 0. The maximum absolute atomic E-state index is 11.3. The average Bonchev–Trinajstić information content (AvgIpc) is 2.89. The van der Waals surface area contributed by atoms with Gasteiger partial charge in [0.2, 0.25) is 5.91 Å². The number of phenolic OH excluding ortho intramolecular Hbond substituents is 1. The Morgan fingerprint density at radius 2 is 1.95 bits per heavy atom. The summed E-state index contributed by atoms with van der Waals surface area (Å²) in [5, 5.41) is 9.35. The van der Waals surface area contributed by atoms with Crippen molar-refractivity contribution in [2.75, 3.05) is 6.54 Å². The summed E-state index contributed by atoms with van der Waals surface area (Å²) in [4.78, 5) is 13.5. The Morgan fingerprint density at radius 3 is 2.47 bits per heavy atom. The molecule has 0 aliphatic heterocycles. The lowest BCUT2D eigenvalue weighted by molar-refractivity contribution is -0.120. The fourth-order valence-corrected chi connectivity index (χ4v) is 2.94. The van der Waals surface area contributed by atoms with Crippen LogP contribution in [0.4, 0.5) is 0 Å². The Labute approximate surface area is 114 Å². The number of benzene rings is 1. The van der Waals surface area contributed by atoms with Gasteiger partial charge in [0.05, 0.1) is 6.54 Å². The van der Waals surface area contributed by atoms with E-state index >= 15 is 0 Å². The molecule has 19 heavy (non-hydrogen) atoms. The zero-order valence-corrected chi connectivity index (χ0v) is 11.4. The topological polar surface area (TPSA) is 66.6 Å². The van der Waals surface area contributed by atoms with Gasteiger partial charge in [0.15, 0.2) is 0 Å². The number of phenols is 1. The van der Waals surface area contributed by atoms with Gasteiger partial charge in [0, 0.05) is 12.1 Å². The third-order valence-corrected chi connectivity index (χ3v) is 4.01. The lowest BCUT2D eigenvalue weighted by Crippen LogP contribution is -2.41. The number of carbonyl (C=O) groups is 1. The molecule has 1 saturated carbocycles. The van der Waals surface area contributed by atoms with E-state index in [-0.39, 0.29) is 17.7 Å². The Hall–Kier alpha value is -1.55. The number of rotatable bonds is 5. The average molecular weight is 262 g/mol. The Kier molecular flexibility index (Phi) is 4.43. The van der Waals surface area contributed by atoms with Crippen molar-refractivity contribution in [1.29, 1.82) is 0 Å². The summed E-state index contributed by atoms with van der Waals surface area (Å²) in [7, 11) is 0. The monoisotopic (exact) mass is 262 g/mol. The van der Waals surface area contributed by atoms with Crippen molar-refractivity contribution in [1.82, 2.24) is 4.90 Å². The molecule has 1 unspecified atom stereocenters. The first-order chi connectivity index (χ1) is 9.08. The van der Waals surface area contributed by atoms with Crippen molar-refractivity contribution in [3.63, 3.8) is 0 Å². The van der Waals surface area contributed by atoms with E-state index in [1.165, 1.54) is 12.8 Å². The largest absolute Gasteiger partial charge is 0.508 e. The summed E-state index contributed by atoms with van der Waals surface area (Å²) in [6, 6.07) is 7.75. The molecule has 1 aromatic rings. The van der Waals surface area contributed by atoms with E-state index in [1.54, 1.807) is 12.1 Å². The van der Waals surface area contributed by atoms with Crippen LogP contribution in [0.5, 0.6) is 5.75 Å². The van der Waals surface area contributed by atoms with E-state index < -0.39 is 0 Å². The first kappa shape index (κ1) is 13.9. The number of amides is 1. The molecule has 1 amide bonds. The molecule has 1 aliphatic rings. The summed E-state index contributed by atoms with van der Waals surface area (Å²) in [6.45, 7) is 2.39. The molecule has 1 aliphatic carbocycles. The molecule has 0 bridgehead atoms. The summed E-state index contributed by atoms with van der Waals surface area (Å²) in [5.41, 5.74) is 6.48. The molecule has 1 aromatic carbocycles. The molecule has 0 aromatic heterocycles. The van der Waals surface area contributed by atoms with Crippen LogP contribution in [-0.4, -0.2) is 28.5 Å². The number of nitrogens with zero attached hydrogens (tertiary/aromatic N) is 1. The van der Waals surface area contributed by atoms with Crippen molar-refractivity contribution >= 4 is 5.91 Å². The first-order valence-corrected chi connectivity index (χ1v) is 6.91. The van der Waals surface area contributed by atoms with E-state index in [1.807, 2.05) is 12.1 Å². The zero-order chi connectivity index (χ0) is 13.8. The maximum atomic E-state index is 11.3. The molecule has 0 heterocycles. The van der Waals surface area contributed by atoms with Gasteiger partial charge in [-0.2, -0.15) is 0 Å². The van der Waals surface area contributed by atoms with E-state index in [9.17, 15) is 9.90 Å². The smallest absolute Gasteiger partial charge is 0.231 e. The van der Waals surface area contributed by atoms with Gasteiger partial charge < -0.3 is 10.8 Å². The van der Waals surface area contributed by atoms with Crippen LogP contribution in [-0.2, 0) is 4.79 Å². The molecule has 104 valence electrons. The zero-order valence-electron chi connectivity index (χ0n) is 11.4. The van der Waals surface area contributed by atoms with Gasteiger partial charge in [-0.25, -0.2) is 0 Å². The second-order valence-electron chi connectivity index (χ2n) is 5.34. The highest BCUT2D eigenvalue weighted by atomic mass is 16.3. The maximum Gasteiger partial charge on any atom is 0.231 e. The second kappa shape index (κ2) is 6.06. The molecule has 0 saturated heterocycles. The van der Waals surface area contributed by atoms with Crippen LogP contribution in [0.25, 0.3) is 0 Å². The van der Waals surface area contributed by atoms with Crippen LogP contribution in [0.3, 0.4) is 0 Å². The van der Waals surface area contributed by atoms with Crippen LogP contribution in [0, 0.1) is 0 Å². The number of aromatic hydroxyl groups is 1. The number of hydrogen-bond donors (Lipinski definition) is 2. The van der Waals surface area contributed by atoms with Crippen molar-refractivity contribution in [2.45, 2.75) is 44.7 Å². The molecular formula is C15H22N2O2. The predicted octanol–water partition coefficient (Wildman–Crippen LogP) is 2.18. The third-order valence-electron chi connectivity index (χ3n) is 4.01. The number of nitrogens with two attached hydrogens (primary N) is 1. The van der Waals surface area contributed by atoms with E-state index in [4.69, 9.17) is 5.73 Å². The molecule has 3 N–H and O–H groups in total. The quantitative estimate of drug-likeness (QED) is 0.854. The van der Waals surface area contributed by atoms with Gasteiger partial charge in [-0.05, 0) is 37.5 Å². The molecule has 2 rings (SSSR count). The molecule has 0 spiro atoms. The minimum absolute atomic E-state index is 0.135.